The van der Waals surface area contributed by atoms with E-state index in [-0.39, 0.29) is 12.3 Å². The largest absolute Gasteiger partial charge is 0.314 e. The van der Waals surface area contributed by atoms with Crippen molar-refractivity contribution in [2.24, 2.45) is 0 Å². The first-order valence-electron chi connectivity index (χ1n) is 6.08. The standard InChI is InChI=1S/C12H24N2O2S/c1-5-9-14(10-6-2)17(15,16)11-7-8-13-12(3)4/h1,12-13H,6-11H2,2-4H3. The Labute approximate surface area is 106 Å². The zero-order valence-electron chi connectivity index (χ0n) is 11.1. The van der Waals surface area contributed by atoms with Gasteiger partial charge in [0, 0.05) is 12.6 Å². The van der Waals surface area contributed by atoms with Crippen LogP contribution in [0.15, 0.2) is 0 Å². The minimum Gasteiger partial charge on any atom is -0.314 e. The molecular formula is C12H24N2O2S. The Kier molecular flexibility index (Phi) is 8.23. The molecule has 0 saturated carbocycles. The van der Waals surface area contributed by atoms with Crippen LogP contribution in [0.3, 0.4) is 0 Å². The molecule has 5 heteroatoms. The Morgan fingerprint density at radius 2 is 2.06 bits per heavy atom. The summed E-state index contributed by atoms with van der Waals surface area (Å²) in [4.78, 5) is 0. The van der Waals surface area contributed by atoms with Crippen LogP contribution in [0.25, 0.3) is 0 Å². The molecule has 0 aliphatic rings. The Morgan fingerprint density at radius 1 is 1.41 bits per heavy atom. The Bertz CT molecular complexity index is 331. The van der Waals surface area contributed by atoms with Gasteiger partial charge in [0.2, 0.25) is 10.0 Å². The summed E-state index contributed by atoms with van der Waals surface area (Å²) in [5.74, 6) is 2.56. The van der Waals surface area contributed by atoms with Crippen molar-refractivity contribution in [3.05, 3.63) is 0 Å². The van der Waals surface area contributed by atoms with Gasteiger partial charge in [-0.15, -0.1) is 6.42 Å². The minimum atomic E-state index is -3.19. The summed E-state index contributed by atoms with van der Waals surface area (Å²) >= 11 is 0. The normalized spacial score (nSPS) is 12.0. The van der Waals surface area contributed by atoms with Crippen LogP contribution in [-0.4, -0.2) is 44.2 Å². The summed E-state index contributed by atoms with van der Waals surface area (Å²) in [6.45, 7) is 7.41. The maximum Gasteiger partial charge on any atom is 0.215 e. The fourth-order valence-electron chi connectivity index (χ4n) is 1.44. The monoisotopic (exact) mass is 260 g/mol. The molecule has 0 fully saturated rings. The molecule has 0 aromatic rings. The smallest absolute Gasteiger partial charge is 0.215 e. The summed E-state index contributed by atoms with van der Waals surface area (Å²) in [5.41, 5.74) is 0. The SMILES string of the molecule is C#CCN(CCC)S(=O)(=O)CCCNC(C)C. The number of sulfonamides is 1. The molecule has 0 atom stereocenters. The molecule has 0 saturated heterocycles. The highest BCUT2D eigenvalue weighted by Gasteiger charge is 2.19. The van der Waals surface area contributed by atoms with Gasteiger partial charge >= 0.3 is 0 Å². The second-order valence-electron chi connectivity index (χ2n) is 4.32. The van der Waals surface area contributed by atoms with Crippen LogP contribution in [0.2, 0.25) is 0 Å². The first-order chi connectivity index (χ1) is 7.94. The molecule has 0 rings (SSSR count). The van der Waals surface area contributed by atoms with E-state index in [1.807, 2.05) is 20.8 Å². The molecule has 0 aliphatic carbocycles. The van der Waals surface area contributed by atoms with E-state index in [1.54, 1.807) is 0 Å². The number of rotatable bonds is 9. The summed E-state index contributed by atoms with van der Waals surface area (Å²) in [5, 5.41) is 3.20. The lowest BCUT2D eigenvalue weighted by Crippen LogP contribution is -2.35. The molecule has 0 radical (unpaired) electrons. The van der Waals surface area contributed by atoms with E-state index in [4.69, 9.17) is 6.42 Å². The van der Waals surface area contributed by atoms with Crippen molar-refractivity contribution in [3.8, 4) is 12.3 Å². The average molecular weight is 260 g/mol. The van der Waals surface area contributed by atoms with Gasteiger partial charge in [-0.1, -0.05) is 26.7 Å². The van der Waals surface area contributed by atoms with Crippen molar-refractivity contribution in [3.63, 3.8) is 0 Å². The molecule has 0 unspecified atom stereocenters. The first-order valence-corrected chi connectivity index (χ1v) is 7.69. The summed E-state index contributed by atoms with van der Waals surface area (Å²) in [6.07, 6.45) is 6.58. The maximum atomic E-state index is 12.0. The quantitative estimate of drug-likeness (QED) is 0.498. The third-order valence-electron chi connectivity index (χ3n) is 2.27. The fourth-order valence-corrected chi connectivity index (χ4v) is 2.94. The highest BCUT2D eigenvalue weighted by Crippen LogP contribution is 2.04. The highest BCUT2D eigenvalue weighted by molar-refractivity contribution is 7.89. The van der Waals surface area contributed by atoms with Gasteiger partial charge in [0.25, 0.3) is 0 Å². The number of hydrogen-bond acceptors (Lipinski definition) is 3. The van der Waals surface area contributed by atoms with Gasteiger partial charge in [-0.05, 0) is 19.4 Å². The molecule has 1 N–H and O–H groups in total. The third kappa shape index (κ3) is 7.37. The minimum absolute atomic E-state index is 0.161. The van der Waals surface area contributed by atoms with E-state index < -0.39 is 10.0 Å². The van der Waals surface area contributed by atoms with E-state index in [2.05, 4.69) is 11.2 Å². The van der Waals surface area contributed by atoms with Crippen molar-refractivity contribution in [1.29, 1.82) is 0 Å². The molecule has 0 heterocycles. The summed E-state index contributed by atoms with van der Waals surface area (Å²) < 4.78 is 25.3. The second-order valence-corrected chi connectivity index (χ2v) is 6.40. The molecule has 0 aromatic heterocycles. The van der Waals surface area contributed by atoms with Crippen molar-refractivity contribution in [2.45, 2.75) is 39.7 Å². The van der Waals surface area contributed by atoms with E-state index >= 15 is 0 Å². The van der Waals surface area contributed by atoms with Crippen LogP contribution < -0.4 is 5.32 Å². The van der Waals surface area contributed by atoms with Gasteiger partial charge in [-0.3, -0.25) is 0 Å². The number of hydrogen-bond donors (Lipinski definition) is 1. The molecule has 0 bridgehead atoms. The zero-order valence-corrected chi connectivity index (χ0v) is 11.9. The van der Waals surface area contributed by atoms with Crippen LogP contribution in [0.4, 0.5) is 0 Å². The lowest BCUT2D eigenvalue weighted by molar-refractivity contribution is 0.443. The van der Waals surface area contributed by atoms with E-state index in [1.165, 1.54) is 4.31 Å². The summed E-state index contributed by atoms with van der Waals surface area (Å²) in [7, 11) is -3.19. The third-order valence-corrected chi connectivity index (χ3v) is 4.17. The average Bonchev–Trinajstić information content (AvgIpc) is 2.24. The van der Waals surface area contributed by atoms with E-state index in [9.17, 15) is 8.42 Å². The number of terminal acetylenes is 1. The highest BCUT2D eigenvalue weighted by atomic mass is 32.2. The molecule has 0 aliphatic heterocycles. The van der Waals surface area contributed by atoms with Crippen LogP contribution in [0.1, 0.15) is 33.6 Å². The molecule has 0 aromatic carbocycles. The molecule has 100 valence electrons. The van der Waals surface area contributed by atoms with Crippen molar-refractivity contribution < 1.29 is 8.42 Å². The first kappa shape index (κ1) is 16.4. The molecule has 17 heavy (non-hydrogen) atoms. The lowest BCUT2D eigenvalue weighted by atomic mass is 10.4. The van der Waals surface area contributed by atoms with Gasteiger partial charge in [-0.25, -0.2) is 8.42 Å². The van der Waals surface area contributed by atoms with Gasteiger partial charge in [-0.2, -0.15) is 4.31 Å². The second kappa shape index (κ2) is 8.51. The van der Waals surface area contributed by atoms with Gasteiger partial charge < -0.3 is 5.32 Å². The van der Waals surface area contributed by atoms with Gasteiger partial charge in [0.15, 0.2) is 0 Å². The topological polar surface area (TPSA) is 49.4 Å². The predicted octanol–water partition coefficient (Wildman–Crippen LogP) is 1.05. The molecule has 0 amide bonds. The van der Waals surface area contributed by atoms with Gasteiger partial charge in [0.05, 0.1) is 12.3 Å². The molecule has 4 nitrogen and oxygen atoms in total. The number of nitrogens with one attached hydrogen (secondary N) is 1. The molecular weight excluding hydrogens is 236 g/mol. The van der Waals surface area contributed by atoms with E-state index in [0.717, 1.165) is 6.42 Å². The fraction of sp³-hybridized carbons (Fsp3) is 0.833. The Balaban J connectivity index is 4.19. The van der Waals surface area contributed by atoms with Crippen molar-refractivity contribution in [2.75, 3.05) is 25.4 Å². The Hall–Kier alpha value is -0.570. The van der Waals surface area contributed by atoms with E-state index in [0.29, 0.717) is 25.6 Å². The summed E-state index contributed by atoms with van der Waals surface area (Å²) in [6, 6.07) is 0.384. The zero-order chi connectivity index (χ0) is 13.3. The van der Waals surface area contributed by atoms with Crippen molar-refractivity contribution in [1.82, 2.24) is 9.62 Å². The predicted molar refractivity (Wildman–Crippen MR) is 72.2 cm³/mol. The van der Waals surface area contributed by atoms with Gasteiger partial charge in [0.1, 0.15) is 0 Å². The Morgan fingerprint density at radius 3 is 2.53 bits per heavy atom. The van der Waals surface area contributed by atoms with Crippen LogP contribution in [0.5, 0.6) is 0 Å². The lowest BCUT2D eigenvalue weighted by Gasteiger charge is -2.19. The molecule has 0 spiro atoms. The van der Waals surface area contributed by atoms with Crippen LogP contribution in [-0.2, 0) is 10.0 Å². The number of nitrogens with zero attached hydrogens (tertiary/aromatic N) is 1. The maximum absolute atomic E-state index is 12.0. The van der Waals surface area contributed by atoms with Crippen molar-refractivity contribution >= 4 is 10.0 Å². The van der Waals surface area contributed by atoms with Crippen LogP contribution >= 0.6 is 0 Å². The van der Waals surface area contributed by atoms with Crippen LogP contribution in [0, 0.1) is 12.3 Å².